The highest BCUT2D eigenvalue weighted by Gasteiger charge is 2.38. The van der Waals surface area contributed by atoms with Gasteiger partial charge in [-0.05, 0) is 73.3 Å². The van der Waals surface area contributed by atoms with E-state index in [1.807, 2.05) is 82.9 Å². The third kappa shape index (κ3) is 12.3. The van der Waals surface area contributed by atoms with Gasteiger partial charge in [-0.2, -0.15) is 0 Å². The zero-order valence-electron chi connectivity index (χ0n) is 39.6. The summed E-state index contributed by atoms with van der Waals surface area (Å²) in [5, 5.41) is 0.993. The first-order valence-electron chi connectivity index (χ1n) is 23.9. The molecule has 2 N–H and O–H groups in total. The highest BCUT2D eigenvalue weighted by molar-refractivity contribution is 5.87. The van der Waals surface area contributed by atoms with Crippen molar-refractivity contribution in [2.24, 2.45) is 0 Å². The smallest absolute Gasteiger partial charge is 0.245 e. The third-order valence-corrected chi connectivity index (χ3v) is 11.8. The van der Waals surface area contributed by atoms with Gasteiger partial charge in [-0.25, -0.2) is 9.97 Å². The van der Waals surface area contributed by atoms with Crippen LogP contribution < -0.4 is 0 Å². The maximum atomic E-state index is 14.3. The fourth-order valence-electron chi connectivity index (χ4n) is 8.24. The van der Waals surface area contributed by atoms with Crippen LogP contribution in [0.3, 0.4) is 0 Å². The molecule has 4 aromatic carbocycles. The van der Waals surface area contributed by atoms with E-state index in [9.17, 15) is 9.59 Å². The molecule has 8 rings (SSSR count). The van der Waals surface area contributed by atoms with Crippen molar-refractivity contribution in [1.82, 2.24) is 34.6 Å². The standard InChI is InChI=1S/C48H51N7O3.C4H10.C3H8/c1-4-25-54(45(56)27-33-14-9-7-10-15-33)32-44-49-30-39(51-44)34-19-21-35(22-20-34)43-29-38-28-37(23-24-42(38)58-43)40-31-50-47(52-40)41-18-13-26-55(41)48(57)46(53(5-2)6-3)36-16-11-8-12-17-36;1-3-4-2;1-3-2/h7-12,14-17,19-24,28-31,41,46H,4-6,13,18,25-27,32H2,1-3H3,(H,49,51)(H,50,52);3-4H2,1-2H3;3H2,1-2H3. The number of unbranched alkanes of at least 4 members (excludes halogenated alkanes) is 1. The zero-order chi connectivity index (χ0) is 46.1. The number of likely N-dealkylation sites (tertiary alicyclic amines) is 1. The van der Waals surface area contributed by atoms with Crippen LogP contribution in [0.4, 0.5) is 0 Å². The van der Waals surface area contributed by atoms with Crippen LogP contribution in [0.1, 0.15) is 122 Å². The number of nitrogens with zero attached hydrogens (tertiary/aromatic N) is 5. The molecule has 10 nitrogen and oxygen atoms in total. The predicted molar refractivity (Wildman–Crippen MR) is 265 cm³/mol. The first-order chi connectivity index (χ1) is 31.7. The molecule has 0 aliphatic carbocycles. The summed E-state index contributed by atoms with van der Waals surface area (Å²) in [7, 11) is 0. The Bertz CT molecular complexity index is 2500. The van der Waals surface area contributed by atoms with Crippen molar-refractivity contribution in [3.8, 4) is 33.8 Å². The number of carbonyl (C=O) groups is 2. The van der Waals surface area contributed by atoms with Crippen molar-refractivity contribution in [1.29, 1.82) is 0 Å². The Kier molecular flexibility index (Phi) is 17.9. The number of aromatic nitrogens is 4. The summed E-state index contributed by atoms with van der Waals surface area (Å²) in [4.78, 5) is 50.0. The number of H-pyrrole nitrogens is 2. The van der Waals surface area contributed by atoms with Crippen molar-refractivity contribution < 1.29 is 14.0 Å². The zero-order valence-corrected chi connectivity index (χ0v) is 39.6. The molecule has 7 aromatic rings. The predicted octanol–water partition coefficient (Wildman–Crippen LogP) is 12.8. The van der Waals surface area contributed by atoms with Gasteiger partial charge >= 0.3 is 0 Å². The second kappa shape index (κ2) is 24.1. The fraction of sp³-hybridized carbons (Fsp3) is 0.382. The van der Waals surface area contributed by atoms with E-state index in [1.165, 1.54) is 19.3 Å². The molecular formula is C55H69N7O3. The SMILES string of the molecule is CCC.CCCC.CCCN(Cc1ncc(-c2ccc(-c3cc4cc(-c5cnc(C6CCCN6C(=O)C(c6ccccc6)N(CC)CC)[nH]5)ccc4o3)cc2)[nH]1)C(=O)Cc1ccccc1. The largest absolute Gasteiger partial charge is 0.456 e. The van der Waals surface area contributed by atoms with Crippen LogP contribution in [0.5, 0.6) is 0 Å². The number of likely N-dealkylation sites (N-methyl/N-ethyl adjacent to an activating group) is 1. The number of carbonyl (C=O) groups excluding carboxylic acids is 2. The Balaban J connectivity index is 0.000000937. The number of fused-ring (bicyclic) bond motifs is 1. The number of furan rings is 1. The number of hydrogen-bond acceptors (Lipinski definition) is 6. The number of amides is 2. The molecule has 1 fully saturated rings. The van der Waals surface area contributed by atoms with Gasteiger partial charge in [0.1, 0.15) is 29.0 Å². The molecule has 0 saturated carbocycles. The Morgan fingerprint density at radius 1 is 0.738 bits per heavy atom. The minimum absolute atomic E-state index is 0.0926. The Morgan fingerprint density at radius 2 is 1.37 bits per heavy atom. The summed E-state index contributed by atoms with van der Waals surface area (Å²) in [5.41, 5.74) is 7.61. The minimum Gasteiger partial charge on any atom is -0.456 e. The number of nitrogens with one attached hydrogen (secondary N) is 2. The summed E-state index contributed by atoms with van der Waals surface area (Å²) in [6.07, 6.45) is 10.7. The van der Waals surface area contributed by atoms with Crippen molar-refractivity contribution >= 4 is 22.8 Å². The van der Waals surface area contributed by atoms with Crippen molar-refractivity contribution in [2.75, 3.05) is 26.2 Å². The number of hydrogen-bond donors (Lipinski definition) is 2. The molecule has 0 bridgehead atoms. The quantitative estimate of drug-likeness (QED) is 0.0999. The summed E-state index contributed by atoms with van der Waals surface area (Å²) >= 11 is 0. The lowest BCUT2D eigenvalue weighted by Gasteiger charge is -2.34. The molecule has 2 unspecified atom stereocenters. The third-order valence-electron chi connectivity index (χ3n) is 11.8. The topological polar surface area (TPSA) is 114 Å². The number of imidazole rings is 2. The van der Waals surface area contributed by atoms with Gasteiger partial charge < -0.3 is 24.2 Å². The first kappa shape index (κ1) is 48.2. The van der Waals surface area contributed by atoms with E-state index < -0.39 is 0 Å². The van der Waals surface area contributed by atoms with E-state index in [4.69, 9.17) is 9.40 Å². The van der Waals surface area contributed by atoms with Crippen LogP contribution >= 0.6 is 0 Å². The molecule has 0 spiro atoms. The summed E-state index contributed by atoms with van der Waals surface area (Å²) < 4.78 is 6.32. The minimum atomic E-state index is -0.325. The van der Waals surface area contributed by atoms with Crippen LogP contribution in [0, 0.1) is 0 Å². The second-order valence-electron chi connectivity index (χ2n) is 16.8. The van der Waals surface area contributed by atoms with Crippen LogP contribution in [-0.2, 0) is 22.6 Å². The molecule has 1 aliphatic heterocycles. The maximum Gasteiger partial charge on any atom is 0.245 e. The number of rotatable bonds is 16. The van der Waals surface area contributed by atoms with E-state index in [1.54, 1.807) is 0 Å². The van der Waals surface area contributed by atoms with E-state index in [0.29, 0.717) is 26.1 Å². The molecule has 65 heavy (non-hydrogen) atoms. The number of benzene rings is 4. The molecule has 1 aliphatic rings. The normalized spacial score (nSPS) is 13.8. The van der Waals surface area contributed by atoms with Crippen LogP contribution in [0.25, 0.3) is 44.8 Å². The van der Waals surface area contributed by atoms with E-state index in [0.717, 1.165) is 99.9 Å². The van der Waals surface area contributed by atoms with Crippen molar-refractivity contribution in [3.63, 3.8) is 0 Å². The van der Waals surface area contributed by atoms with E-state index >= 15 is 0 Å². The Labute approximate surface area is 386 Å². The maximum absolute atomic E-state index is 14.3. The van der Waals surface area contributed by atoms with Crippen LogP contribution in [-0.4, -0.2) is 72.6 Å². The van der Waals surface area contributed by atoms with Gasteiger partial charge in [0, 0.05) is 29.6 Å². The van der Waals surface area contributed by atoms with Gasteiger partial charge in [0.05, 0.1) is 42.8 Å². The fourth-order valence-corrected chi connectivity index (χ4v) is 8.24. The highest BCUT2D eigenvalue weighted by Crippen LogP contribution is 2.37. The molecule has 0 radical (unpaired) electrons. The molecule has 2 amide bonds. The summed E-state index contributed by atoms with van der Waals surface area (Å²) in [6, 6.07) is 36.0. The summed E-state index contributed by atoms with van der Waals surface area (Å²) in [5.74, 6) is 2.58. The lowest BCUT2D eigenvalue weighted by Crippen LogP contribution is -2.43. The molecule has 4 heterocycles. The van der Waals surface area contributed by atoms with Gasteiger partial charge in [0.25, 0.3) is 0 Å². The average molecular weight is 876 g/mol. The van der Waals surface area contributed by atoms with Gasteiger partial charge in [-0.15, -0.1) is 0 Å². The highest BCUT2D eigenvalue weighted by atomic mass is 16.3. The molecule has 2 atom stereocenters. The molecule has 342 valence electrons. The average Bonchev–Trinajstić information content (AvgIpc) is 4.19. The lowest BCUT2D eigenvalue weighted by molar-refractivity contribution is -0.138. The molecule has 3 aromatic heterocycles. The van der Waals surface area contributed by atoms with Crippen molar-refractivity contribution in [3.05, 3.63) is 144 Å². The Morgan fingerprint density at radius 3 is 2.03 bits per heavy atom. The lowest BCUT2D eigenvalue weighted by atomic mass is 10.0. The first-order valence-corrected chi connectivity index (χ1v) is 23.9. The molecule has 10 heteroatoms. The molecular weight excluding hydrogens is 807 g/mol. The van der Waals surface area contributed by atoms with Gasteiger partial charge in [0.15, 0.2) is 0 Å². The van der Waals surface area contributed by atoms with E-state index in [2.05, 4.69) is 117 Å². The van der Waals surface area contributed by atoms with Gasteiger partial charge in [-0.3, -0.25) is 14.5 Å². The van der Waals surface area contributed by atoms with Crippen LogP contribution in [0.15, 0.2) is 126 Å². The van der Waals surface area contributed by atoms with Crippen molar-refractivity contribution in [2.45, 2.75) is 112 Å². The monoisotopic (exact) mass is 876 g/mol. The summed E-state index contributed by atoms with van der Waals surface area (Å²) in [6.45, 7) is 18.3. The second-order valence-corrected chi connectivity index (χ2v) is 16.8. The number of aromatic amines is 2. The van der Waals surface area contributed by atoms with Crippen LogP contribution in [0.2, 0.25) is 0 Å². The van der Waals surface area contributed by atoms with Gasteiger partial charge in [-0.1, -0.05) is 153 Å². The van der Waals surface area contributed by atoms with Gasteiger partial charge in [0.2, 0.25) is 11.8 Å². The molecule has 1 saturated heterocycles. The van der Waals surface area contributed by atoms with E-state index in [-0.39, 0.29) is 23.9 Å². The Hall–Kier alpha value is -6.26.